The number of non-ortho nitro benzene ring substituents is 1. The second-order valence-corrected chi connectivity index (χ2v) is 8.50. The van der Waals surface area contributed by atoms with Crippen LogP contribution in [0.4, 0.5) is 11.4 Å². The predicted molar refractivity (Wildman–Crippen MR) is 116 cm³/mol. The van der Waals surface area contributed by atoms with Crippen molar-refractivity contribution >= 4 is 33.5 Å². The van der Waals surface area contributed by atoms with Crippen molar-refractivity contribution in [3.05, 3.63) is 82.1 Å². The fourth-order valence-electron chi connectivity index (χ4n) is 2.56. The van der Waals surface area contributed by atoms with Gasteiger partial charge in [0.1, 0.15) is 11.5 Å². The lowest BCUT2D eigenvalue weighted by Crippen LogP contribution is -2.25. The number of nitro benzene ring substituents is 1. The molecule has 0 aliphatic carbocycles. The van der Waals surface area contributed by atoms with Crippen molar-refractivity contribution in [1.82, 2.24) is 5.43 Å². The van der Waals surface area contributed by atoms with E-state index in [9.17, 15) is 23.3 Å². The zero-order valence-electron chi connectivity index (χ0n) is 16.6. The molecule has 3 rings (SSSR count). The van der Waals surface area contributed by atoms with Crippen LogP contribution >= 0.6 is 0 Å². The molecule has 0 bridgehead atoms. The third kappa shape index (κ3) is 5.34. The summed E-state index contributed by atoms with van der Waals surface area (Å²) in [6, 6.07) is 15.2. The van der Waals surface area contributed by atoms with Crippen LogP contribution in [0.2, 0.25) is 0 Å². The summed E-state index contributed by atoms with van der Waals surface area (Å²) in [7, 11) is -1.97. The second-order valence-electron chi connectivity index (χ2n) is 6.48. The first kappa shape index (κ1) is 21.7. The molecule has 3 aromatic rings. The van der Waals surface area contributed by atoms with E-state index >= 15 is 0 Å². The first-order valence-electron chi connectivity index (χ1n) is 8.87. The van der Waals surface area contributed by atoms with E-state index in [-0.39, 0.29) is 5.69 Å². The van der Waals surface area contributed by atoms with Crippen LogP contribution < -0.4 is 9.73 Å². The molecule has 2 aromatic carbocycles. The van der Waals surface area contributed by atoms with Crippen molar-refractivity contribution in [2.24, 2.45) is 5.10 Å². The number of nitrogens with one attached hydrogen (secondary N) is 1. The third-order valence-electron chi connectivity index (χ3n) is 4.34. The summed E-state index contributed by atoms with van der Waals surface area (Å²) in [4.78, 5) is 22.4. The number of nitrogens with zero attached hydrogens (tertiary/aromatic N) is 3. The van der Waals surface area contributed by atoms with Crippen molar-refractivity contribution in [3.63, 3.8) is 0 Å². The summed E-state index contributed by atoms with van der Waals surface area (Å²) in [5, 5.41) is 14.6. The molecule has 10 nitrogen and oxygen atoms in total. The highest BCUT2D eigenvalue weighted by Gasteiger charge is 2.13. The monoisotopic (exact) mass is 442 g/mol. The summed E-state index contributed by atoms with van der Waals surface area (Å²) in [6.07, 6.45) is 2.41. The van der Waals surface area contributed by atoms with Gasteiger partial charge < -0.3 is 4.42 Å². The van der Waals surface area contributed by atoms with E-state index in [1.807, 2.05) is 0 Å². The number of sulfonamides is 1. The highest BCUT2D eigenvalue weighted by molar-refractivity contribution is 7.92. The quantitative estimate of drug-likeness (QED) is 0.339. The maximum absolute atomic E-state index is 12.2. The molecule has 1 N–H and O–H groups in total. The van der Waals surface area contributed by atoms with Crippen LogP contribution in [0.15, 0.2) is 70.2 Å². The Balaban J connectivity index is 1.62. The fraction of sp³-hybridized carbons (Fsp3) is 0.100. The summed E-state index contributed by atoms with van der Waals surface area (Å²) < 4.78 is 29.8. The number of carbonyl (C=O) groups excluding carboxylic acids is 1. The Morgan fingerprint density at radius 1 is 1.10 bits per heavy atom. The molecule has 0 aliphatic rings. The molecule has 0 spiro atoms. The van der Waals surface area contributed by atoms with Gasteiger partial charge in [-0.05, 0) is 48.5 Å². The highest BCUT2D eigenvalue weighted by atomic mass is 32.2. The van der Waals surface area contributed by atoms with Gasteiger partial charge in [-0.2, -0.15) is 5.10 Å². The van der Waals surface area contributed by atoms with Crippen LogP contribution in [0, 0.1) is 10.1 Å². The lowest BCUT2D eigenvalue weighted by atomic mass is 10.1. The Hall–Kier alpha value is -3.99. The number of benzene rings is 2. The van der Waals surface area contributed by atoms with Crippen molar-refractivity contribution in [3.8, 4) is 11.3 Å². The smallest absolute Gasteiger partial charge is 0.271 e. The van der Waals surface area contributed by atoms with E-state index in [4.69, 9.17) is 4.42 Å². The minimum absolute atomic E-state index is 0.0178. The molecule has 0 unspecified atom stereocenters. The number of nitro groups is 1. The number of hydrogen-bond donors (Lipinski definition) is 1. The maximum Gasteiger partial charge on any atom is 0.271 e. The standard InChI is InChI=1S/C20H18N4O6S/c1-23(31(2,28)29)16-7-5-15(6-8-16)20(25)22-21-13-18-11-12-19(30-18)14-3-9-17(10-4-14)24(26)27/h3-13H,1-2H3,(H,22,25)/b21-13-. The minimum Gasteiger partial charge on any atom is -0.455 e. The van der Waals surface area contributed by atoms with E-state index in [1.54, 1.807) is 24.3 Å². The molecule has 0 aliphatic heterocycles. The number of hydrazone groups is 1. The van der Waals surface area contributed by atoms with Crippen LogP contribution in [0.1, 0.15) is 16.1 Å². The molecular weight excluding hydrogens is 424 g/mol. The topological polar surface area (TPSA) is 135 Å². The second kappa shape index (κ2) is 8.79. The number of amides is 1. The summed E-state index contributed by atoms with van der Waals surface area (Å²) in [5.74, 6) is 0.388. The van der Waals surface area contributed by atoms with Crippen molar-refractivity contribution in [1.29, 1.82) is 0 Å². The molecule has 0 atom stereocenters. The van der Waals surface area contributed by atoms with Gasteiger partial charge in [0, 0.05) is 30.3 Å². The molecule has 1 heterocycles. The Kier molecular flexibility index (Phi) is 6.16. The lowest BCUT2D eigenvalue weighted by molar-refractivity contribution is -0.384. The summed E-state index contributed by atoms with van der Waals surface area (Å²) in [6.45, 7) is 0. The Morgan fingerprint density at radius 2 is 1.74 bits per heavy atom. The van der Waals surface area contributed by atoms with E-state index in [0.717, 1.165) is 10.6 Å². The zero-order chi connectivity index (χ0) is 22.6. The molecule has 11 heteroatoms. The summed E-state index contributed by atoms with van der Waals surface area (Å²) in [5.41, 5.74) is 3.73. The first-order chi connectivity index (χ1) is 14.6. The van der Waals surface area contributed by atoms with Gasteiger partial charge in [0.25, 0.3) is 11.6 Å². The first-order valence-corrected chi connectivity index (χ1v) is 10.7. The normalized spacial score (nSPS) is 11.4. The van der Waals surface area contributed by atoms with Crippen molar-refractivity contribution in [2.75, 3.05) is 17.6 Å². The molecular formula is C20H18N4O6S. The zero-order valence-corrected chi connectivity index (χ0v) is 17.4. The Labute approximate surface area is 178 Å². The predicted octanol–water partition coefficient (Wildman–Crippen LogP) is 3.01. The highest BCUT2D eigenvalue weighted by Crippen LogP contribution is 2.24. The van der Waals surface area contributed by atoms with Gasteiger partial charge in [0.15, 0.2) is 0 Å². The Bertz CT molecular complexity index is 1230. The molecule has 0 fully saturated rings. The molecule has 0 saturated heterocycles. The number of anilines is 1. The molecule has 1 amide bonds. The molecule has 0 radical (unpaired) electrons. The van der Waals surface area contributed by atoms with Gasteiger partial charge in [0.05, 0.1) is 23.1 Å². The number of rotatable bonds is 7. The SMILES string of the molecule is CN(c1ccc(C(=O)N/N=C\c2ccc(-c3ccc([N+](=O)[O-])cc3)o2)cc1)S(C)(=O)=O. The van der Waals surface area contributed by atoms with Gasteiger partial charge in [-0.3, -0.25) is 19.2 Å². The average molecular weight is 442 g/mol. The van der Waals surface area contributed by atoms with Gasteiger partial charge >= 0.3 is 0 Å². The van der Waals surface area contributed by atoms with E-state index in [0.29, 0.717) is 28.3 Å². The van der Waals surface area contributed by atoms with E-state index < -0.39 is 20.9 Å². The van der Waals surface area contributed by atoms with Gasteiger partial charge in [-0.15, -0.1) is 0 Å². The fourth-order valence-corrected chi connectivity index (χ4v) is 3.06. The average Bonchev–Trinajstić information content (AvgIpc) is 3.21. The largest absolute Gasteiger partial charge is 0.455 e. The van der Waals surface area contributed by atoms with Crippen molar-refractivity contribution in [2.45, 2.75) is 0 Å². The van der Waals surface area contributed by atoms with Gasteiger partial charge in [-0.1, -0.05) is 0 Å². The van der Waals surface area contributed by atoms with Crippen LogP contribution in [-0.4, -0.2) is 38.8 Å². The Morgan fingerprint density at radius 3 is 2.32 bits per heavy atom. The molecule has 31 heavy (non-hydrogen) atoms. The molecule has 0 saturated carbocycles. The van der Waals surface area contributed by atoms with Crippen molar-refractivity contribution < 1.29 is 22.6 Å². The van der Waals surface area contributed by atoms with E-state index in [2.05, 4.69) is 10.5 Å². The maximum atomic E-state index is 12.2. The molecule has 1 aromatic heterocycles. The van der Waals surface area contributed by atoms with Gasteiger partial charge in [-0.25, -0.2) is 13.8 Å². The number of hydrogen-bond acceptors (Lipinski definition) is 7. The summed E-state index contributed by atoms with van der Waals surface area (Å²) >= 11 is 0. The number of carbonyl (C=O) groups is 1. The minimum atomic E-state index is -3.39. The van der Waals surface area contributed by atoms with Crippen LogP contribution in [0.3, 0.4) is 0 Å². The van der Waals surface area contributed by atoms with E-state index in [1.165, 1.54) is 49.7 Å². The van der Waals surface area contributed by atoms with Gasteiger partial charge in [0.2, 0.25) is 10.0 Å². The molecule has 160 valence electrons. The van der Waals surface area contributed by atoms with Crippen LogP contribution in [0.25, 0.3) is 11.3 Å². The van der Waals surface area contributed by atoms with Crippen LogP contribution in [-0.2, 0) is 10.0 Å². The third-order valence-corrected chi connectivity index (χ3v) is 5.54. The lowest BCUT2D eigenvalue weighted by Gasteiger charge is -2.16. The van der Waals surface area contributed by atoms with Crippen LogP contribution in [0.5, 0.6) is 0 Å². The number of furan rings is 1.